The number of halogens is 1. The zero-order valence-electron chi connectivity index (χ0n) is 26.3. The van der Waals surface area contributed by atoms with E-state index >= 15 is 0 Å². The zero-order valence-corrected chi connectivity index (χ0v) is 27.0. The predicted molar refractivity (Wildman–Crippen MR) is 200 cm³/mol. The van der Waals surface area contributed by atoms with Gasteiger partial charge in [-0.2, -0.15) is 0 Å². The van der Waals surface area contributed by atoms with Gasteiger partial charge in [-0.1, -0.05) is 122 Å². The number of amidine groups is 2. The quantitative estimate of drug-likeness (QED) is 0.183. The van der Waals surface area contributed by atoms with E-state index in [1.165, 1.54) is 16.2 Å². The van der Waals surface area contributed by atoms with Gasteiger partial charge in [0.2, 0.25) is 0 Å². The fourth-order valence-electron chi connectivity index (χ4n) is 6.64. The molecule has 6 aromatic carbocycles. The third kappa shape index (κ3) is 5.21. The first-order valence-electron chi connectivity index (χ1n) is 16.1. The van der Waals surface area contributed by atoms with E-state index in [9.17, 15) is 0 Å². The average molecular weight is 629 g/mol. The Balaban J connectivity index is 1.41. The van der Waals surface area contributed by atoms with Crippen LogP contribution in [0.4, 0.5) is 0 Å². The Morgan fingerprint density at radius 1 is 0.766 bits per heavy atom. The van der Waals surface area contributed by atoms with Crippen LogP contribution in [0.25, 0.3) is 49.0 Å². The molecule has 1 atom stereocenters. The lowest BCUT2D eigenvalue weighted by molar-refractivity contribution is 0.674. The second-order valence-electron chi connectivity index (χ2n) is 11.9. The molecule has 1 aliphatic heterocycles. The summed E-state index contributed by atoms with van der Waals surface area (Å²) in [5, 5.41) is 11.3. The van der Waals surface area contributed by atoms with Gasteiger partial charge in [-0.05, 0) is 76.9 Å². The second kappa shape index (κ2) is 12.1. The summed E-state index contributed by atoms with van der Waals surface area (Å²) in [6, 6.07) is 42.6. The van der Waals surface area contributed by atoms with E-state index in [0.717, 1.165) is 61.8 Å². The van der Waals surface area contributed by atoms with Crippen LogP contribution >= 0.6 is 11.6 Å². The molecule has 228 valence electrons. The van der Waals surface area contributed by atoms with Gasteiger partial charge in [-0.15, -0.1) is 0 Å². The van der Waals surface area contributed by atoms with E-state index in [1.54, 1.807) is 0 Å². The standard InChI is InChI=1S/C42H33ClN4/c1-3-5-13-27(4-2)40-44-41(28-14-7-6-8-15-28)46-42(45-40)37-26-33(22-31-18-11-12-19-34(31)37)47-38-24-30-17-10-9-16-29(30)23-36(38)35-21-20-32(43)25-39(35)47/h4-26,41H,3H2,1-2H3,(H,44,45,46)/b13-5-,27-4+. The lowest BCUT2D eigenvalue weighted by Crippen LogP contribution is -2.33. The van der Waals surface area contributed by atoms with Gasteiger partial charge in [0.1, 0.15) is 12.0 Å². The topological polar surface area (TPSA) is 41.7 Å². The first-order valence-corrected chi connectivity index (χ1v) is 16.5. The van der Waals surface area contributed by atoms with E-state index in [2.05, 4.69) is 151 Å². The van der Waals surface area contributed by atoms with Gasteiger partial charge in [-0.3, -0.25) is 0 Å². The molecular formula is C42H33ClN4. The summed E-state index contributed by atoms with van der Waals surface area (Å²) in [6.45, 7) is 4.19. The van der Waals surface area contributed by atoms with Crippen molar-refractivity contribution in [1.29, 1.82) is 0 Å². The molecule has 0 aliphatic carbocycles. The summed E-state index contributed by atoms with van der Waals surface area (Å²) in [5.74, 6) is 1.50. The second-order valence-corrected chi connectivity index (χ2v) is 12.3. The Morgan fingerprint density at radius 2 is 1.49 bits per heavy atom. The molecule has 0 spiro atoms. The minimum absolute atomic E-state index is 0.287. The van der Waals surface area contributed by atoms with Crippen molar-refractivity contribution in [3.63, 3.8) is 0 Å². The molecular weight excluding hydrogens is 596 g/mol. The molecule has 0 amide bonds. The Labute approximate surface area is 279 Å². The highest BCUT2D eigenvalue weighted by Crippen LogP contribution is 2.38. The molecule has 47 heavy (non-hydrogen) atoms. The highest BCUT2D eigenvalue weighted by Gasteiger charge is 2.23. The fourth-order valence-corrected chi connectivity index (χ4v) is 6.81. The smallest absolute Gasteiger partial charge is 0.160 e. The molecule has 0 saturated carbocycles. The molecule has 1 aliphatic rings. The minimum atomic E-state index is -0.287. The summed E-state index contributed by atoms with van der Waals surface area (Å²) in [4.78, 5) is 10.5. The highest BCUT2D eigenvalue weighted by molar-refractivity contribution is 6.31. The van der Waals surface area contributed by atoms with Gasteiger partial charge < -0.3 is 9.88 Å². The monoisotopic (exact) mass is 628 g/mol. The molecule has 1 N–H and O–H groups in total. The van der Waals surface area contributed by atoms with Gasteiger partial charge in [0.25, 0.3) is 0 Å². The van der Waals surface area contributed by atoms with Crippen LogP contribution in [0.15, 0.2) is 155 Å². The summed E-state index contributed by atoms with van der Waals surface area (Å²) in [5.41, 5.74) is 6.31. The van der Waals surface area contributed by atoms with Crippen LogP contribution in [0.1, 0.15) is 37.6 Å². The zero-order chi connectivity index (χ0) is 31.9. The third-order valence-corrected chi connectivity index (χ3v) is 9.15. The Morgan fingerprint density at radius 3 is 2.28 bits per heavy atom. The third-order valence-electron chi connectivity index (χ3n) is 8.92. The maximum Gasteiger partial charge on any atom is 0.160 e. The summed E-state index contributed by atoms with van der Waals surface area (Å²) >= 11 is 6.66. The maximum absolute atomic E-state index is 6.66. The van der Waals surface area contributed by atoms with Crippen LogP contribution < -0.4 is 5.32 Å². The molecule has 7 aromatic rings. The van der Waals surface area contributed by atoms with Crippen molar-refractivity contribution in [3.8, 4) is 5.69 Å². The van der Waals surface area contributed by atoms with Crippen LogP contribution in [-0.2, 0) is 0 Å². The number of nitrogens with zero attached hydrogens (tertiary/aromatic N) is 3. The summed E-state index contributed by atoms with van der Waals surface area (Å²) in [7, 11) is 0. The molecule has 1 aromatic heterocycles. The molecule has 0 saturated heterocycles. The lowest BCUT2D eigenvalue weighted by Gasteiger charge is -2.25. The minimum Gasteiger partial charge on any atom is -0.344 e. The van der Waals surface area contributed by atoms with Crippen molar-refractivity contribution in [2.75, 3.05) is 0 Å². The SMILES string of the molecule is C/C=C(\C=C/CC)C1=NC(c2cc(-n3c4cc(Cl)ccc4c4cc5ccccc5cc43)cc3ccccc23)=NC(c2ccccc2)N1. The molecule has 0 radical (unpaired) electrons. The number of fused-ring (bicyclic) bond motifs is 5. The number of hydrogen-bond donors (Lipinski definition) is 1. The van der Waals surface area contributed by atoms with Crippen LogP contribution in [0.2, 0.25) is 5.02 Å². The van der Waals surface area contributed by atoms with Crippen molar-refractivity contribution >= 4 is 66.6 Å². The molecule has 1 unspecified atom stereocenters. The van der Waals surface area contributed by atoms with Gasteiger partial charge in [-0.25, -0.2) is 9.98 Å². The first-order chi connectivity index (χ1) is 23.1. The Hall–Kier alpha value is -5.45. The van der Waals surface area contributed by atoms with Gasteiger partial charge in [0.15, 0.2) is 5.84 Å². The Kier molecular flexibility index (Phi) is 7.43. The normalized spacial score (nSPS) is 15.5. The molecule has 5 heteroatoms. The highest BCUT2D eigenvalue weighted by atomic mass is 35.5. The number of nitrogens with one attached hydrogen (secondary N) is 1. The van der Waals surface area contributed by atoms with Crippen LogP contribution in [0, 0.1) is 0 Å². The molecule has 0 fully saturated rings. The largest absolute Gasteiger partial charge is 0.344 e. The maximum atomic E-state index is 6.66. The lowest BCUT2D eigenvalue weighted by atomic mass is 10.0. The molecule has 2 heterocycles. The van der Waals surface area contributed by atoms with Crippen LogP contribution in [0.5, 0.6) is 0 Å². The van der Waals surface area contributed by atoms with Crippen LogP contribution in [0.3, 0.4) is 0 Å². The average Bonchev–Trinajstić information content (AvgIpc) is 3.42. The number of aromatic nitrogens is 1. The van der Waals surface area contributed by atoms with Gasteiger partial charge in [0.05, 0.1) is 11.0 Å². The fraction of sp³-hybridized carbons (Fsp3) is 0.0952. The van der Waals surface area contributed by atoms with E-state index in [0.29, 0.717) is 10.9 Å². The number of rotatable bonds is 6. The van der Waals surface area contributed by atoms with Crippen molar-refractivity contribution in [2.24, 2.45) is 9.98 Å². The first kappa shape index (κ1) is 29.0. The number of aliphatic imine (C=N–C) groups is 2. The van der Waals surface area contributed by atoms with E-state index in [4.69, 9.17) is 21.6 Å². The van der Waals surface area contributed by atoms with E-state index in [-0.39, 0.29) is 6.17 Å². The van der Waals surface area contributed by atoms with Crippen molar-refractivity contribution in [2.45, 2.75) is 26.4 Å². The van der Waals surface area contributed by atoms with Crippen LogP contribution in [-0.4, -0.2) is 16.2 Å². The van der Waals surface area contributed by atoms with E-state index in [1.807, 2.05) is 12.1 Å². The molecule has 4 nitrogen and oxygen atoms in total. The molecule has 8 rings (SSSR count). The van der Waals surface area contributed by atoms with Crippen molar-refractivity contribution in [3.05, 3.63) is 161 Å². The van der Waals surface area contributed by atoms with Gasteiger partial charge >= 0.3 is 0 Å². The Bertz CT molecular complexity index is 2450. The number of hydrogen-bond acceptors (Lipinski definition) is 3. The van der Waals surface area contributed by atoms with Crippen molar-refractivity contribution < 1.29 is 0 Å². The molecule has 0 bridgehead atoms. The predicted octanol–water partition coefficient (Wildman–Crippen LogP) is 11.1. The van der Waals surface area contributed by atoms with Gasteiger partial charge in [0, 0.05) is 32.6 Å². The summed E-state index contributed by atoms with van der Waals surface area (Å²) in [6.07, 6.45) is 7.05. The van der Waals surface area contributed by atoms with E-state index < -0.39 is 0 Å². The summed E-state index contributed by atoms with van der Waals surface area (Å²) < 4.78 is 2.33. The number of benzene rings is 6. The number of allylic oxidation sites excluding steroid dienone is 2. The van der Waals surface area contributed by atoms with Crippen molar-refractivity contribution in [1.82, 2.24) is 9.88 Å².